The molecule has 1 nitrogen and oxygen atoms in total. The number of anilines is 3. The van der Waals surface area contributed by atoms with Gasteiger partial charge in [-0.3, -0.25) is 0 Å². The van der Waals surface area contributed by atoms with Crippen molar-refractivity contribution in [1.82, 2.24) is 0 Å². The third kappa shape index (κ3) is 2.99. The highest BCUT2D eigenvalue weighted by Gasteiger charge is 2.55. The van der Waals surface area contributed by atoms with E-state index in [1.807, 2.05) is 0 Å². The SMILES string of the molecule is Cc1ccc(N(c2ccccc2)c2ccccc2)cc1-c1ccc2c(c1)C1CCC13CCC2C3. The van der Waals surface area contributed by atoms with Crippen molar-refractivity contribution in [1.29, 1.82) is 0 Å². The predicted octanol–water partition coefficient (Wildman–Crippen LogP) is 9.28. The van der Waals surface area contributed by atoms with Crippen LogP contribution in [0.5, 0.6) is 0 Å². The number of aryl methyl sites for hydroxylation is 1. The van der Waals surface area contributed by atoms with Gasteiger partial charge in [0.25, 0.3) is 0 Å². The molecule has 0 aliphatic heterocycles. The van der Waals surface area contributed by atoms with Crippen LogP contribution in [0.3, 0.4) is 0 Å². The lowest BCUT2D eigenvalue weighted by atomic mass is 9.53. The van der Waals surface area contributed by atoms with Gasteiger partial charge in [-0.2, -0.15) is 0 Å². The van der Waals surface area contributed by atoms with E-state index in [-0.39, 0.29) is 0 Å². The minimum Gasteiger partial charge on any atom is -0.310 e. The number of rotatable bonds is 4. The van der Waals surface area contributed by atoms with Gasteiger partial charge in [-0.15, -0.1) is 0 Å². The van der Waals surface area contributed by atoms with Crippen molar-refractivity contribution >= 4 is 17.1 Å². The average molecular weight is 442 g/mol. The zero-order chi connectivity index (χ0) is 22.7. The van der Waals surface area contributed by atoms with Gasteiger partial charge in [-0.25, -0.2) is 0 Å². The summed E-state index contributed by atoms with van der Waals surface area (Å²) in [5, 5.41) is 0. The molecular formula is C33H31N. The summed E-state index contributed by atoms with van der Waals surface area (Å²) in [6.45, 7) is 2.25. The fraction of sp³-hybridized carbons (Fsp3) is 0.273. The Morgan fingerprint density at radius 2 is 1.38 bits per heavy atom. The summed E-state index contributed by atoms with van der Waals surface area (Å²) >= 11 is 0. The highest BCUT2D eigenvalue weighted by molar-refractivity contribution is 5.81. The Kier molecular flexibility index (Phi) is 4.49. The Balaban J connectivity index is 1.34. The van der Waals surface area contributed by atoms with E-state index in [1.54, 1.807) is 11.1 Å². The van der Waals surface area contributed by atoms with E-state index in [0.717, 1.165) is 11.8 Å². The molecule has 0 radical (unpaired) electrons. The predicted molar refractivity (Wildman–Crippen MR) is 142 cm³/mol. The molecule has 1 heteroatoms. The van der Waals surface area contributed by atoms with Crippen LogP contribution in [-0.2, 0) is 0 Å². The van der Waals surface area contributed by atoms with Gasteiger partial charge in [0.1, 0.15) is 0 Å². The van der Waals surface area contributed by atoms with Crippen LogP contribution < -0.4 is 4.90 Å². The Labute approximate surface area is 203 Å². The maximum absolute atomic E-state index is 2.56. The summed E-state index contributed by atoms with van der Waals surface area (Å²) in [6.07, 6.45) is 7.14. The number of para-hydroxylation sites is 2. The lowest BCUT2D eigenvalue weighted by Gasteiger charge is -2.51. The first-order chi connectivity index (χ1) is 16.7. The molecule has 2 saturated carbocycles. The lowest BCUT2D eigenvalue weighted by molar-refractivity contribution is 0.0879. The molecular weight excluding hydrogens is 410 g/mol. The normalized spacial score (nSPS) is 24.1. The molecule has 4 aromatic rings. The maximum atomic E-state index is 2.56. The molecule has 0 saturated heterocycles. The fourth-order valence-corrected chi connectivity index (χ4v) is 7.23. The van der Waals surface area contributed by atoms with Crippen molar-refractivity contribution < 1.29 is 0 Å². The number of fused-ring (bicyclic) bond motifs is 4. The Morgan fingerprint density at radius 3 is 2.06 bits per heavy atom. The second-order valence-corrected chi connectivity index (χ2v) is 10.7. The van der Waals surface area contributed by atoms with E-state index in [4.69, 9.17) is 0 Å². The quantitative estimate of drug-likeness (QED) is 0.305. The van der Waals surface area contributed by atoms with Crippen LogP contribution in [0, 0.1) is 12.3 Å². The van der Waals surface area contributed by atoms with Crippen molar-refractivity contribution in [2.45, 2.75) is 50.9 Å². The van der Waals surface area contributed by atoms with Gasteiger partial charge in [0.2, 0.25) is 0 Å². The number of hydrogen-bond donors (Lipinski definition) is 0. The van der Waals surface area contributed by atoms with Crippen molar-refractivity contribution in [3.05, 3.63) is 114 Å². The first-order valence-corrected chi connectivity index (χ1v) is 12.9. The molecule has 3 aliphatic carbocycles. The zero-order valence-corrected chi connectivity index (χ0v) is 19.9. The summed E-state index contributed by atoms with van der Waals surface area (Å²) in [4.78, 5) is 2.36. The van der Waals surface area contributed by atoms with E-state index in [9.17, 15) is 0 Å². The number of benzene rings is 4. The molecule has 0 heterocycles. The Hall–Kier alpha value is -3.32. The standard InChI is InChI=1S/C33H31N/c1-23-12-14-28(34(26-8-4-2-5-9-26)27-10-6-3-7-11-27)21-30(23)24-13-15-29-25-16-18-33(22-25)19-17-32(33)31(29)20-24/h2-15,20-21,25,32H,16-19,22H2,1H3. The van der Waals surface area contributed by atoms with E-state index in [1.165, 1.54) is 65.9 Å². The molecule has 0 N–H and O–H groups in total. The van der Waals surface area contributed by atoms with Crippen LogP contribution in [0.4, 0.5) is 17.1 Å². The average Bonchev–Trinajstić information content (AvgIpc) is 3.31. The third-order valence-electron chi connectivity index (χ3n) is 9.03. The number of nitrogens with zero attached hydrogens (tertiary/aromatic N) is 1. The molecule has 4 aromatic carbocycles. The molecule has 7 rings (SSSR count). The van der Waals surface area contributed by atoms with Crippen LogP contribution in [0.2, 0.25) is 0 Å². The van der Waals surface area contributed by atoms with E-state index in [2.05, 4.69) is 109 Å². The fourth-order valence-electron chi connectivity index (χ4n) is 7.23. The van der Waals surface area contributed by atoms with Crippen molar-refractivity contribution in [3.8, 4) is 11.1 Å². The van der Waals surface area contributed by atoms with Gasteiger partial charge < -0.3 is 4.90 Å². The number of hydrogen-bond acceptors (Lipinski definition) is 1. The largest absolute Gasteiger partial charge is 0.310 e. The second kappa shape index (κ2) is 7.60. The molecule has 2 fully saturated rings. The first kappa shape index (κ1) is 20.1. The first-order valence-electron chi connectivity index (χ1n) is 12.9. The molecule has 0 amide bonds. The van der Waals surface area contributed by atoms with Gasteiger partial charge in [0.05, 0.1) is 0 Å². The maximum Gasteiger partial charge on any atom is 0.0467 e. The van der Waals surface area contributed by atoms with Gasteiger partial charge in [-0.1, -0.05) is 60.7 Å². The summed E-state index contributed by atoms with van der Waals surface area (Å²) in [5.41, 5.74) is 11.6. The molecule has 168 valence electrons. The molecule has 1 spiro atoms. The molecule has 3 unspecified atom stereocenters. The molecule has 34 heavy (non-hydrogen) atoms. The summed E-state index contributed by atoms with van der Waals surface area (Å²) in [6, 6.07) is 35.8. The Morgan fingerprint density at radius 1 is 0.676 bits per heavy atom. The Bertz CT molecular complexity index is 1320. The van der Waals surface area contributed by atoms with Crippen molar-refractivity contribution in [3.63, 3.8) is 0 Å². The highest BCUT2D eigenvalue weighted by atomic mass is 15.1. The minimum atomic E-state index is 0.643. The van der Waals surface area contributed by atoms with E-state index < -0.39 is 0 Å². The van der Waals surface area contributed by atoms with Crippen molar-refractivity contribution in [2.75, 3.05) is 4.90 Å². The van der Waals surface area contributed by atoms with Gasteiger partial charge in [0, 0.05) is 17.1 Å². The highest BCUT2D eigenvalue weighted by Crippen LogP contribution is 2.69. The topological polar surface area (TPSA) is 3.24 Å². The molecule has 0 aromatic heterocycles. The smallest absolute Gasteiger partial charge is 0.0467 e. The van der Waals surface area contributed by atoms with Crippen LogP contribution >= 0.6 is 0 Å². The van der Waals surface area contributed by atoms with Crippen LogP contribution in [0.1, 0.15) is 60.6 Å². The summed E-state index contributed by atoms with van der Waals surface area (Å²) in [7, 11) is 0. The zero-order valence-electron chi connectivity index (χ0n) is 19.9. The summed E-state index contributed by atoms with van der Waals surface area (Å²) in [5.74, 6) is 1.61. The van der Waals surface area contributed by atoms with E-state index in [0.29, 0.717) is 5.41 Å². The monoisotopic (exact) mass is 441 g/mol. The van der Waals surface area contributed by atoms with Crippen LogP contribution in [-0.4, -0.2) is 0 Å². The molecule has 3 aliphatic rings. The van der Waals surface area contributed by atoms with E-state index >= 15 is 0 Å². The van der Waals surface area contributed by atoms with Gasteiger partial charge in [0.15, 0.2) is 0 Å². The molecule has 3 atom stereocenters. The van der Waals surface area contributed by atoms with Crippen LogP contribution in [0.25, 0.3) is 11.1 Å². The third-order valence-corrected chi connectivity index (χ3v) is 9.03. The van der Waals surface area contributed by atoms with Crippen LogP contribution in [0.15, 0.2) is 97.1 Å². The lowest BCUT2D eigenvalue weighted by Crippen LogP contribution is -2.38. The molecule has 2 bridgehead atoms. The van der Waals surface area contributed by atoms with Gasteiger partial charge in [-0.05, 0) is 120 Å². The van der Waals surface area contributed by atoms with Crippen molar-refractivity contribution in [2.24, 2.45) is 5.41 Å². The second-order valence-electron chi connectivity index (χ2n) is 10.7. The summed E-state index contributed by atoms with van der Waals surface area (Å²) < 4.78 is 0. The minimum absolute atomic E-state index is 0.643. The van der Waals surface area contributed by atoms with Gasteiger partial charge >= 0.3 is 0 Å².